The maximum Gasteiger partial charge on any atom is 0.243 e. The Morgan fingerprint density at radius 2 is 2.27 bits per heavy atom. The molecule has 0 bridgehead atoms. The zero-order chi connectivity index (χ0) is 16.1. The van der Waals surface area contributed by atoms with Crippen LogP contribution in [0.5, 0.6) is 0 Å². The quantitative estimate of drug-likeness (QED) is 0.858. The summed E-state index contributed by atoms with van der Waals surface area (Å²) in [6.07, 6.45) is 6.77. The van der Waals surface area contributed by atoms with Crippen LogP contribution in [0.2, 0.25) is 0 Å². The molecule has 2 aromatic rings. The Bertz CT molecular complexity index is 730. The lowest BCUT2D eigenvalue weighted by Crippen LogP contribution is -2.21. The minimum atomic E-state index is -0.235. The van der Waals surface area contributed by atoms with Crippen LogP contribution in [0.15, 0.2) is 37.2 Å². The normalized spacial score (nSPS) is 11.3. The molecule has 0 fully saturated rings. The van der Waals surface area contributed by atoms with Crippen LogP contribution in [0, 0.1) is 0 Å². The lowest BCUT2D eigenvalue weighted by atomic mass is 10.1. The average Bonchev–Trinajstić information content (AvgIpc) is 2.97. The van der Waals surface area contributed by atoms with E-state index in [2.05, 4.69) is 27.0 Å². The van der Waals surface area contributed by atoms with E-state index in [-0.39, 0.29) is 5.91 Å². The predicted molar refractivity (Wildman–Crippen MR) is 85.6 cm³/mol. The lowest BCUT2D eigenvalue weighted by molar-refractivity contribution is -0.116. The summed E-state index contributed by atoms with van der Waals surface area (Å²) in [4.78, 5) is 20.3. The number of aryl methyl sites for hydroxylation is 1. The summed E-state index contributed by atoms with van der Waals surface area (Å²) in [6.45, 7) is 7.66. The summed E-state index contributed by atoms with van der Waals surface area (Å²) in [7, 11) is 1.85. The van der Waals surface area contributed by atoms with Crippen molar-refractivity contribution in [1.82, 2.24) is 25.1 Å². The van der Waals surface area contributed by atoms with Gasteiger partial charge in [-0.1, -0.05) is 12.7 Å². The summed E-state index contributed by atoms with van der Waals surface area (Å²) in [5, 5.41) is 7.13. The third-order valence-corrected chi connectivity index (χ3v) is 3.24. The molecule has 2 rings (SSSR count). The number of nitrogens with zero attached hydrogens (tertiary/aromatic N) is 4. The van der Waals surface area contributed by atoms with E-state index >= 15 is 0 Å². The van der Waals surface area contributed by atoms with E-state index in [1.54, 1.807) is 10.9 Å². The first-order valence-electron chi connectivity index (χ1n) is 6.94. The zero-order valence-corrected chi connectivity index (χ0v) is 13.0. The Morgan fingerprint density at radius 1 is 1.50 bits per heavy atom. The fourth-order valence-corrected chi connectivity index (χ4v) is 1.87. The Hall–Kier alpha value is -2.76. The van der Waals surface area contributed by atoms with Crippen LogP contribution in [0.25, 0.3) is 17.0 Å². The van der Waals surface area contributed by atoms with Crippen molar-refractivity contribution in [1.29, 1.82) is 0 Å². The highest BCUT2D eigenvalue weighted by atomic mass is 16.1. The van der Waals surface area contributed by atoms with Crippen molar-refractivity contribution in [3.63, 3.8) is 0 Å². The molecule has 114 valence electrons. The Labute approximate surface area is 129 Å². The van der Waals surface area contributed by atoms with Gasteiger partial charge in [-0.3, -0.25) is 9.48 Å². The van der Waals surface area contributed by atoms with Crippen molar-refractivity contribution < 1.29 is 4.79 Å². The molecule has 6 heteroatoms. The average molecular weight is 297 g/mol. The highest BCUT2D eigenvalue weighted by Gasteiger charge is 2.13. The van der Waals surface area contributed by atoms with Crippen LogP contribution in [-0.4, -0.2) is 25.7 Å². The molecule has 1 amide bonds. The van der Waals surface area contributed by atoms with Gasteiger partial charge in [0.05, 0.1) is 5.69 Å². The first kappa shape index (κ1) is 15.6. The first-order valence-corrected chi connectivity index (χ1v) is 6.94. The number of carbonyl (C=O) groups is 1. The standard InChI is InChI=1S/C16H19N5O/c1-5-11(3)16-18-10-12(9-17-14(22)6-2)15(19-16)13-7-8-21(4)20-13/h5-8,10H,2,9H2,1,3-4H3,(H,17,22)/b11-5+. The summed E-state index contributed by atoms with van der Waals surface area (Å²) < 4.78 is 1.71. The van der Waals surface area contributed by atoms with Crippen LogP contribution in [0.3, 0.4) is 0 Å². The van der Waals surface area contributed by atoms with Crippen LogP contribution in [-0.2, 0) is 18.4 Å². The third kappa shape index (κ3) is 3.46. The Balaban J connectivity index is 2.43. The van der Waals surface area contributed by atoms with Crippen LogP contribution < -0.4 is 5.32 Å². The van der Waals surface area contributed by atoms with Crippen molar-refractivity contribution in [2.45, 2.75) is 20.4 Å². The highest BCUT2D eigenvalue weighted by Crippen LogP contribution is 2.21. The summed E-state index contributed by atoms with van der Waals surface area (Å²) in [5.41, 5.74) is 3.26. The van der Waals surface area contributed by atoms with Crippen molar-refractivity contribution in [2.24, 2.45) is 7.05 Å². The molecule has 0 aliphatic heterocycles. The number of nitrogens with one attached hydrogen (secondary N) is 1. The molecule has 0 spiro atoms. The monoisotopic (exact) mass is 297 g/mol. The molecular formula is C16H19N5O. The number of carbonyl (C=O) groups excluding carboxylic acids is 1. The molecule has 6 nitrogen and oxygen atoms in total. The number of hydrogen-bond acceptors (Lipinski definition) is 4. The van der Waals surface area contributed by atoms with Crippen LogP contribution >= 0.6 is 0 Å². The molecule has 22 heavy (non-hydrogen) atoms. The largest absolute Gasteiger partial charge is 0.348 e. The highest BCUT2D eigenvalue weighted by molar-refractivity contribution is 5.86. The van der Waals surface area contributed by atoms with Crippen molar-refractivity contribution in [2.75, 3.05) is 0 Å². The molecule has 0 saturated carbocycles. The second-order valence-corrected chi connectivity index (χ2v) is 4.84. The van der Waals surface area contributed by atoms with Gasteiger partial charge < -0.3 is 5.32 Å². The van der Waals surface area contributed by atoms with Gasteiger partial charge in [-0.25, -0.2) is 9.97 Å². The fourth-order valence-electron chi connectivity index (χ4n) is 1.87. The van der Waals surface area contributed by atoms with Gasteiger partial charge in [0.15, 0.2) is 5.82 Å². The summed E-state index contributed by atoms with van der Waals surface area (Å²) in [6, 6.07) is 1.88. The topological polar surface area (TPSA) is 72.7 Å². The maximum atomic E-state index is 11.4. The molecule has 0 radical (unpaired) electrons. The zero-order valence-electron chi connectivity index (χ0n) is 13.0. The molecular weight excluding hydrogens is 278 g/mol. The second-order valence-electron chi connectivity index (χ2n) is 4.84. The SMILES string of the molecule is C=CC(=O)NCc1cnc(/C(C)=C/C)nc1-c1ccn(C)n1. The lowest BCUT2D eigenvalue weighted by Gasteiger charge is -2.09. The van der Waals surface area contributed by atoms with Gasteiger partial charge in [0, 0.05) is 31.5 Å². The molecule has 0 atom stereocenters. The van der Waals surface area contributed by atoms with Gasteiger partial charge in [0.2, 0.25) is 5.91 Å². The van der Waals surface area contributed by atoms with Crippen LogP contribution in [0.4, 0.5) is 0 Å². The van der Waals surface area contributed by atoms with Gasteiger partial charge in [-0.15, -0.1) is 0 Å². The summed E-state index contributed by atoms with van der Waals surface area (Å²) in [5.74, 6) is 0.419. The first-order chi connectivity index (χ1) is 10.5. The minimum absolute atomic E-state index is 0.235. The van der Waals surface area contributed by atoms with Gasteiger partial charge in [-0.2, -0.15) is 5.10 Å². The minimum Gasteiger partial charge on any atom is -0.348 e. The fraction of sp³-hybridized carbons (Fsp3) is 0.250. The van der Waals surface area contributed by atoms with E-state index in [1.165, 1.54) is 6.08 Å². The Kier molecular flexibility index (Phi) is 4.83. The van der Waals surface area contributed by atoms with E-state index in [4.69, 9.17) is 0 Å². The smallest absolute Gasteiger partial charge is 0.243 e. The van der Waals surface area contributed by atoms with E-state index in [0.29, 0.717) is 12.4 Å². The van der Waals surface area contributed by atoms with Gasteiger partial charge in [0.25, 0.3) is 0 Å². The molecule has 0 unspecified atom stereocenters. The second kappa shape index (κ2) is 6.80. The molecule has 0 saturated heterocycles. The van der Waals surface area contributed by atoms with E-state index in [9.17, 15) is 4.79 Å². The summed E-state index contributed by atoms with van der Waals surface area (Å²) >= 11 is 0. The van der Waals surface area contributed by atoms with Gasteiger partial charge in [0.1, 0.15) is 5.69 Å². The van der Waals surface area contributed by atoms with Crippen molar-refractivity contribution >= 4 is 11.5 Å². The maximum absolute atomic E-state index is 11.4. The predicted octanol–water partition coefficient (Wildman–Crippen LogP) is 2.10. The third-order valence-electron chi connectivity index (χ3n) is 3.24. The molecule has 2 aromatic heterocycles. The number of aromatic nitrogens is 4. The number of hydrogen-bond donors (Lipinski definition) is 1. The number of allylic oxidation sites excluding steroid dienone is 2. The molecule has 2 heterocycles. The number of rotatable bonds is 5. The Morgan fingerprint density at radius 3 is 2.86 bits per heavy atom. The molecule has 0 aliphatic carbocycles. The van der Waals surface area contributed by atoms with Gasteiger partial charge >= 0.3 is 0 Å². The van der Waals surface area contributed by atoms with Crippen molar-refractivity contribution in [3.05, 3.63) is 48.6 Å². The van der Waals surface area contributed by atoms with Crippen molar-refractivity contribution in [3.8, 4) is 11.4 Å². The van der Waals surface area contributed by atoms with E-state index in [0.717, 1.165) is 22.5 Å². The van der Waals surface area contributed by atoms with E-state index < -0.39 is 0 Å². The molecule has 0 aromatic carbocycles. The van der Waals surface area contributed by atoms with Crippen LogP contribution in [0.1, 0.15) is 25.2 Å². The van der Waals surface area contributed by atoms with E-state index in [1.807, 2.05) is 39.2 Å². The number of amides is 1. The molecule has 1 N–H and O–H groups in total. The molecule has 0 aliphatic rings. The van der Waals surface area contributed by atoms with Gasteiger partial charge in [-0.05, 0) is 31.6 Å².